The number of aromatic nitrogens is 1. The number of nitrogens with one attached hydrogen (secondary N) is 2. The first-order chi connectivity index (χ1) is 11.6. The van der Waals surface area contributed by atoms with Crippen LogP contribution >= 0.6 is 0 Å². The highest BCUT2D eigenvalue weighted by Gasteiger charge is 2.13. The summed E-state index contributed by atoms with van der Waals surface area (Å²) in [6, 6.07) is 14.2. The minimum Gasteiger partial charge on any atom is -0.353 e. The van der Waals surface area contributed by atoms with Crippen molar-refractivity contribution in [1.29, 1.82) is 0 Å². The van der Waals surface area contributed by atoms with Crippen molar-refractivity contribution in [3.05, 3.63) is 66.4 Å². The molecule has 0 radical (unpaired) electrons. The summed E-state index contributed by atoms with van der Waals surface area (Å²) in [6.07, 6.45) is 5.08. The van der Waals surface area contributed by atoms with E-state index in [4.69, 9.17) is 0 Å². The van der Waals surface area contributed by atoms with Gasteiger partial charge in [0.2, 0.25) is 5.91 Å². The number of pyridine rings is 1. The Labute approximate surface area is 141 Å². The summed E-state index contributed by atoms with van der Waals surface area (Å²) in [5.74, 6) is -0.216. The third-order valence-electron chi connectivity index (χ3n) is 3.08. The summed E-state index contributed by atoms with van der Waals surface area (Å²) in [7, 11) is -3.60. The Morgan fingerprint density at radius 3 is 2.50 bits per heavy atom. The molecule has 7 heteroatoms. The molecule has 0 saturated heterocycles. The molecule has 0 atom stereocenters. The van der Waals surface area contributed by atoms with Gasteiger partial charge >= 0.3 is 0 Å². The van der Waals surface area contributed by atoms with E-state index in [0.29, 0.717) is 13.0 Å². The quantitative estimate of drug-likeness (QED) is 0.562. The highest BCUT2D eigenvalue weighted by Crippen LogP contribution is 2.02. The normalized spacial score (nSPS) is 11.5. The largest absolute Gasteiger partial charge is 0.353 e. The number of benzene rings is 1. The van der Waals surface area contributed by atoms with E-state index >= 15 is 0 Å². The molecule has 0 aliphatic rings. The second kappa shape index (κ2) is 8.95. The molecule has 0 unspecified atom stereocenters. The smallest absolute Gasteiger partial charge is 0.258 e. The molecule has 1 aromatic heterocycles. The topological polar surface area (TPSA) is 88.2 Å². The van der Waals surface area contributed by atoms with E-state index in [1.807, 2.05) is 30.3 Å². The van der Waals surface area contributed by atoms with Crippen molar-refractivity contribution < 1.29 is 13.2 Å². The molecular weight excluding hydrogens is 326 g/mol. The van der Waals surface area contributed by atoms with Gasteiger partial charge in [-0.1, -0.05) is 36.4 Å². The predicted octanol–water partition coefficient (Wildman–Crippen LogP) is 1.58. The number of hydrogen-bond acceptors (Lipinski definition) is 4. The summed E-state index contributed by atoms with van der Waals surface area (Å²) < 4.78 is 26.3. The molecule has 0 spiro atoms. The Kier molecular flexibility index (Phi) is 6.65. The van der Waals surface area contributed by atoms with Gasteiger partial charge in [0, 0.05) is 25.4 Å². The maximum Gasteiger partial charge on any atom is 0.258 e. The Morgan fingerprint density at radius 1 is 1.04 bits per heavy atom. The average Bonchev–Trinajstić information content (AvgIpc) is 2.61. The van der Waals surface area contributed by atoms with Crippen LogP contribution in [0.5, 0.6) is 0 Å². The van der Waals surface area contributed by atoms with Crippen LogP contribution < -0.4 is 10.0 Å². The zero-order valence-electron chi connectivity index (χ0n) is 13.1. The molecule has 126 valence electrons. The molecule has 1 aromatic carbocycles. The lowest BCUT2D eigenvalue weighted by molar-refractivity contribution is -0.116. The van der Waals surface area contributed by atoms with Crippen molar-refractivity contribution in [2.75, 3.05) is 13.1 Å². The van der Waals surface area contributed by atoms with E-state index < -0.39 is 10.0 Å². The van der Waals surface area contributed by atoms with E-state index in [9.17, 15) is 13.2 Å². The Balaban J connectivity index is 1.68. The summed E-state index contributed by atoms with van der Waals surface area (Å²) in [5, 5.41) is 2.69. The van der Waals surface area contributed by atoms with Gasteiger partial charge in [-0.3, -0.25) is 4.79 Å². The van der Waals surface area contributed by atoms with Gasteiger partial charge in [0.1, 0.15) is 0 Å². The number of carbonyl (C=O) groups excluding carboxylic acids is 1. The number of rotatable bonds is 8. The SMILES string of the molecule is O=C(/C=C/c1ccccc1)NCCCNS(=O)(=O)c1ccccn1. The fraction of sp³-hybridized carbons (Fsp3) is 0.176. The zero-order chi connectivity index (χ0) is 17.3. The molecule has 24 heavy (non-hydrogen) atoms. The molecule has 1 heterocycles. The molecule has 2 rings (SSSR count). The van der Waals surface area contributed by atoms with Gasteiger partial charge in [0.05, 0.1) is 0 Å². The third-order valence-corrected chi connectivity index (χ3v) is 4.46. The molecular formula is C17H19N3O3S. The van der Waals surface area contributed by atoms with Crippen LogP contribution in [0, 0.1) is 0 Å². The van der Waals surface area contributed by atoms with Crippen molar-refractivity contribution in [1.82, 2.24) is 15.0 Å². The van der Waals surface area contributed by atoms with Crippen molar-refractivity contribution in [2.45, 2.75) is 11.4 Å². The standard InChI is InChI=1S/C17H19N3O3S/c21-16(11-10-15-7-2-1-3-8-15)18-13-6-14-20-24(22,23)17-9-4-5-12-19-17/h1-5,7-12,20H,6,13-14H2,(H,18,21)/b11-10+. The summed E-state index contributed by atoms with van der Waals surface area (Å²) >= 11 is 0. The molecule has 6 nitrogen and oxygen atoms in total. The van der Waals surface area contributed by atoms with Crippen LogP contribution in [0.4, 0.5) is 0 Å². The Hall–Kier alpha value is -2.51. The Morgan fingerprint density at radius 2 is 1.79 bits per heavy atom. The van der Waals surface area contributed by atoms with E-state index in [1.165, 1.54) is 18.3 Å². The van der Waals surface area contributed by atoms with Gasteiger partial charge in [-0.2, -0.15) is 0 Å². The minimum absolute atomic E-state index is 0.0140. The molecule has 0 saturated carbocycles. The van der Waals surface area contributed by atoms with Crippen molar-refractivity contribution in [3.63, 3.8) is 0 Å². The lowest BCUT2D eigenvalue weighted by atomic mass is 10.2. The van der Waals surface area contributed by atoms with Gasteiger partial charge < -0.3 is 5.32 Å². The zero-order valence-corrected chi connectivity index (χ0v) is 13.9. The number of carbonyl (C=O) groups is 1. The molecule has 0 bridgehead atoms. The van der Waals surface area contributed by atoms with Crippen molar-refractivity contribution in [2.24, 2.45) is 0 Å². The van der Waals surface area contributed by atoms with E-state index in [2.05, 4.69) is 15.0 Å². The summed E-state index contributed by atoms with van der Waals surface area (Å²) in [6.45, 7) is 0.601. The first-order valence-corrected chi connectivity index (χ1v) is 8.98. The van der Waals surface area contributed by atoms with E-state index in [0.717, 1.165) is 5.56 Å². The van der Waals surface area contributed by atoms with Crippen molar-refractivity contribution in [3.8, 4) is 0 Å². The van der Waals surface area contributed by atoms with Gasteiger partial charge in [-0.25, -0.2) is 18.1 Å². The molecule has 2 N–H and O–H groups in total. The highest BCUT2D eigenvalue weighted by molar-refractivity contribution is 7.89. The van der Waals surface area contributed by atoms with Gasteiger partial charge in [0.15, 0.2) is 5.03 Å². The third kappa shape index (κ3) is 5.94. The monoisotopic (exact) mass is 345 g/mol. The molecule has 1 amide bonds. The number of amides is 1. The highest BCUT2D eigenvalue weighted by atomic mass is 32.2. The second-order valence-corrected chi connectivity index (χ2v) is 6.67. The maximum atomic E-state index is 11.9. The molecule has 0 aliphatic carbocycles. The molecule has 0 aliphatic heterocycles. The van der Waals surface area contributed by atoms with E-state index in [1.54, 1.807) is 18.2 Å². The van der Waals surface area contributed by atoms with Crippen LogP contribution in [0.25, 0.3) is 6.08 Å². The number of sulfonamides is 1. The van der Waals surface area contributed by atoms with Gasteiger partial charge in [-0.05, 0) is 30.2 Å². The van der Waals surface area contributed by atoms with Crippen LogP contribution in [0.3, 0.4) is 0 Å². The van der Waals surface area contributed by atoms with Crippen LogP contribution in [0.1, 0.15) is 12.0 Å². The Bertz CT molecular complexity index is 775. The molecule has 2 aromatic rings. The van der Waals surface area contributed by atoms with Crippen LogP contribution in [-0.2, 0) is 14.8 Å². The van der Waals surface area contributed by atoms with Crippen LogP contribution in [-0.4, -0.2) is 32.4 Å². The molecule has 0 fully saturated rings. The van der Waals surface area contributed by atoms with Crippen molar-refractivity contribution >= 4 is 22.0 Å². The fourth-order valence-electron chi connectivity index (χ4n) is 1.88. The van der Waals surface area contributed by atoms with Crippen LogP contribution in [0.15, 0.2) is 65.8 Å². The summed E-state index contributed by atoms with van der Waals surface area (Å²) in [4.78, 5) is 15.5. The lowest BCUT2D eigenvalue weighted by Gasteiger charge is -2.06. The lowest BCUT2D eigenvalue weighted by Crippen LogP contribution is -2.29. The maximum absolute atomic E-state index is 11.9. The second-order valence-electron chi connectivity index (χ2n) is 4.95. The fourth-order valence-corrected chi connectivity index (χ4v) is 2.90. The number of hydrogen-bond donors (Lipinski definition) is 2. The number of nitrogens with zero attached hydrogens (tertiary/aromatic N) is 1. The minimum atomic E-state index is -3.60. The first-order valence-electron chi connectivity index (χ1n) is 7.49. The average molecular weight is 345 g/mol. The predicted molar refractivity (Wildman–Crippen MR) is 92.5 cm³/mol. The van der Waals surface area contributed by atoms with Gasteiger partial charge in [0.25, 0.3) is 10.0 Å². The summed E-state index contributed by atoms with van der Waals surface area (Å²) in [5.41, 5.74) is 0.941. The van der Waals surface area contributed by atoms with E-state index in [-0.39, 0.29) is 17.5 Å². The first kappa shape index (κ1) is 17.8. The van der Waals surface area contributed by atoms with Gasteiger partial charge in [-0.15, -0.1) is 0 Å². The van der Waals surface area contributed by atoms with Crippen LogP contribution in [0.2, 0.25) is 0 Å².